The molecule has 0 aliphatic carbocycles. The first-order valence-electron chi connectivity index (χ1n) is 9.90. The molecule has 1 N–H and O–H groups in total. The number of carbonyl (C=O) groups is 2. The van der Waals surface area contributed by atoms with Crippen molar-refractivity contribution in [3.05, 3.63) is 40.7 Å². The summed E-state index contributed by atoms with van der Waals surface area (Å²) in [6.45, 7) is 7.64. The number of hydrogen-bond donors (Lipinski definition) is 1. The Morgan fingerprint density at radius 2 is 2.11 bits per heavy atom. The van der Waals surface area contributed by atoms with E-state index in [1.54, 1.807) is 11.8 Å². The van der Waals surface area contributed by atoms with E-state index in [1.165, 1.54) is 0 Å². The summed E-state index contributed by atoms with van der Waals surface area (Å²) in [6, 6.07) is 1.72. The number of aromatic nitrogens is 4. The van der Waals surface area contributed by atoms with Crippen LogP contribution in [0.4, 0.5) is 0 Å². The lowest BCUT2D eigenvalue weighted by molar-refractivity contribution is -0.129. The number of carbonyl (C=O) groups excluding carboxylic acids is 2. The molecule has 0 spiro atoms. The molecule has 8 heteroatoms. The molecule has 0 saturated carbocycles. The Labute approximate surface area is 164 Å². The van der Waals surface area contributed by atoms with Gasteiger partial charge in [0, 0.05) is 50.4 Å². The summed E-state index contributed by atoms with van der Waals surface area (Å²) in [6.07, 6.45) is 4.32. The highest BCUT2D eigenvalue weighted by atomic mass is 16.2. The average molecular weight is 382 g/mol. The molecule has 8 nitrogen and oxygen atoms in total. The van der Waals surface area contributed by atoms with Crippen LogP contribution < -0.4 is 0 Å². The van der Waals surface area contributed by atoms with Gasteiger partial charge in [-0.25, -0.2) is 9.97 Å². The molecule has 2 amide bonds. The molecule has 4 heterocycles. The Morgan fingerprint density at radius 1 is 1.29 bits per heavy atom. The van der Waals surface area contributed by atoms with Crippen LogP contribution in [0.3, 0.4) is 0 Å². The first-order valence-corrected chi connectivity index (χ1v) is 9.90. The molecule has 2 aromatic heterocycles. The van der Waals surface area contributed by atoms with E-state index in [0.29, 0.717) is 37.1 Å². The topological polar surface area (TPSA) is 95.1 Å². The maximum atomic E-state index is 13.0. The van der Waals surface area contributed by atoms with Crippen LogP contribution in [0.2, 0.25) is 0 Å². The molecular weight excluding hydrogens is 356 g/mol. The van der Waals surface area contributed by atoms with Gasteiger partial charge >= 0.3 is 0 Å². The van der Waals surface area contributed by atoms with Crippen LogP contribution in [0, 0.1) is 0 Å². The fraction of sp³-hybridized carbons (Fsp3) is 0.550. The fourth-order valence-electron chi connectivity index (χ4n) is 3.93. The lowest BCUT2D eigenvalue weighted by atomic mass is 10.1. The SMILES string of the molecule is CC(=O)N1CCc2nc([C@@H]3CCCN3C(=O)c3cc(C(C)C)[nH]n3)ncc2C1. The molecule has 0 aromatic carbocycles. The first kappa shape index (κ1) is 18.6. The van der Waals surface area contributed by atoms with Crippen molar-refractivity contribution in [2.75, 3.05) is 13.1 Å². The minimum absolute atomic E-state index is 0.0714. The second kappa shape index (κ2) is 7.33. The summed E-state index contributed by atoms with van der Waals surface area (Å²) >= 11 is 0. The summed E-state index contributed by atoms with van der Waals surface area (Å²) in [4.78, 5) is 37.6. The second-order valence-corrected chi connectivity index (χ2v) is 7.91. The summed E-state index contributed by atoms with van der Waals surface area (Å²) in [5, 5.41) is 7.17. The lowest BCUT2D eigenvalue weighted by Gasteiger charge is -2.28. The van der Waals surface area contributed by atoms with Gasteiger partial charge in [-0.2, -0.15) is 5.10 Å². The van der Waals surface area contributed by atoms with Gasteiger partial charge in [-0.1, -0.05) is 13.8 Å². The van der Waals surface area contributed by atoms with Gasteiger partial charge in [-0.05, 0) is 24.8 Å². The molecule has 2 aliphatic heterocycles. The summed E-state index contributed by atoms with van der Waals surface area (Å²) in [5.41, 5.74) is 3.39. The number of nitrogens with one attached hydrogen (secondary N) is 1. The smallest absolute Gasteiger partial charge is 0.274 e. The average Bonchev–Trinajstić information content (AvgIpc) is 3.36. The van der Waals surface area contributed by atoms with E-state index in [1.807, 2.05) is 17.2 Å². The van der Waals surface area contributed by atoms with E-state index in [2.05, 4.69) is 29.0 Å². The van der Waals surface area contributed by atoms with Gasteiger partial charge < -0.3 is 9.80 Å². The fourth-order valence-corrected chi connectivity index (χ4v) is 3.93. The standard InChI is InChI=1S/C20H26N6O2/c1-12(2)16-9-17(24-23-16)20(28)26-7-4-5-18(26)19-21-10-14-11-25(13(3)27)8-6-15(14)22-19/h9-10,12,18H,4-8,11H2,1-3H3,(H,23,24)/t18-/m0/s1. The van der Waals surface area contributed by atoms with Gasteiger partial charge in [-0.15, -0.1) is 0 Å². The third-order valence-electron chi connectivity index (χ3n) is 5.65. The van der Waals surface area contributed by atoms with E-state index in [9.17, 15) is 9.59 Å². The predicted octanol–water partition coefficient (Wildman–Crippen LogP) is 2.20. The number of H-pyrrole nitrogens is 1. The van der Waals surface area contributed by atoms with Crippen molar-refractivity contribution in [3.8, 4) is 0 Å². The maximum absolute atomic E-state index is 13.0. The van der Waals surface area contributed by atoms with Gasteiger partial charge in [0.05, 0.1) is 11.7 Å². The van der Waals surface area contributed by atoms with E-state index in [0.717, 1.165) is 36.2 Å². The van der Waals surface area contributed by atoms with Crippen molar-refractivity contribution in [2.45, 2.75) is 58.5 Å². The van der Waals surface area contributed by atoms with Crippen molar-refractivity contribution in [2.24, 2.45) is 0 Å². The lowest BCUT2D eigenvalue weighted by Crippen LogP contribution is -2.36. The molecule has 2 aromatic rings. The number of hydrogen-bond acceptors (Lipinski definition) is 5. The van der Waals surface area contributed by atoms with E-state index in [4.69, 9.17) is 4.98 Å². The van der Waals surface area contributed by atoms with Gasteiger partial charge in [0.1, 0.15) is 5.69 Å². The van der Waals surface area contributed by atoms with E-state index in [-0.39, 0.29) is 17.9 Å². The van der Waals surface area contributed by atoms with Crippen molar-refractivity contribution in [1.82, 2.24) is 30.0 Å². The van der Waals surface area contributed by atoms with E-state index < -0.39 is 0 Å². The number of aromatic amines is 1. The zero-order chi connectivity index (χ0) is 19.8. The second-order valence-electron chi connectivity index (χ2n) is 7.91. The molecule has 1 saturated heterocycles. The van der Waals surface area contributed by atoms with Gasteiger partial charge in [-0.3, -0.25) is 14.7 Å². The molecule has 2 aliphatic rings. The number of fused-ring (bicyclic) bond motifs is 1. The highest BCUT2D eigenvalue weighted by Crippen LogP contribution is 2.32. The van der Waals surface area contributed by atoms with Crippen LogP contribution in [0.1, 0.15) is 78.8 Å². The van der Waals surface area contributed by atoms with Gasteiger partial charge in [0.25, 0.3) is 5.91 Å². The highest BCUT2D eigenvalue weighted by Gasteiger charge is 2.34. The highest BCUT2D eigenvalue weighted by molar-refractivity contribution is 5.92. The van der Waals surface area contributed by atoms with Crippen LogP contribution in [0.5, 0.6) is 0 Å². The van der Waals surface area contributed by atoms with Crippen LogP contribution in [0.15, 0.2) is 12.3 Å². The quantitative estimate of drug-likeness (QED) is 0.878. The monoisotopic (exact) mass is 382 g/mol. The van der Waals surface area contributed by atoms with Crippen molar-refractivity contribution >= 4 is 11.8 Å². The minimum atomic E-state index is -0.122. The number of rotatable bonds is 3. The Balaban J connectivity index is 1.55. The predicted molar refractivity (Wildman–Crippen MR) is 103 cm³/mol. The Hall–Kier alpha value is -2.77. The van der Waals surface area contributed by atoms with Crippen molar-refractivity contribution in [3.63, 3.8) is 0 Å². The third kappa shape index (κ3) is 3.39. The van der Waals surface area contributed by atoms with Crippen molar-refractivity contribution in [1.29, 1.82) is 0 Å². The first-order chi connectivity index (χ1) is 13.4. The Kier molecular flexibility index (Phi) is 4.87. The molecular formula is C20H26N6O2. The van der Waals surface area contributed by atoms with Crippen molar-refractivity contribution < 1.29 is 9.59 Å². The Bertz CT molecular complexity index is 906. The molecule has 0 radical (unpaired) electrons. The maximum Gasteiger partial charge on any atom is 0.274 e. The summed E-state index contributed by atoms with van der Waals surface area (Å²) in [5.74, 6) is 0.985. The molecule has 148 valence electrons. The largest absolute Gasteiger partial charge is 0.338 e. The Morgan fingerprint density at radius 3 is 2.82 bits per heavy atom. The third-order valence-corrected chi connectivity index (χ3v) is 5.65. The number of nitrogens with zero attached hydrogens (tertiary/aromatic N) is 5. The normalized spacial score (nSPS) is 19.2. The minimum Gasteiger partial charge on any atom is -0.338 e. The molecule has 0 bridgehead atoms. The summed E-state index contributed by atoms with van der Waals surface area (Å²) < 4.78 is 0. The molecule has 4 rings (SSSR count). The zero-order valence-electron chi connectivity index (χ0n) is 16.6. The van der Waals surface area contributed by atoms with Gasteiger partial charge in [0.15, 0.2) is 5.82 Å². The zero-order valence-corrected chi connectivity index (χ0v) is 16.6. The molecule has 1 fully saturated rings. The van der Waals surface area contributed by atoms with Gasteiger partial charge in [0.2, 0.25) is 5.91 Å². The van der Waals surface area contributed by atoms with E-state index >= 15 is 0 Å². The van der Waals surface area contributed by atoms with Crippen LogP contribution >= 0.6 is 0 Å². The molecule has 0 unspecified atom stereocenters. The van der Waals surface area contributed by atoms with Crippen LogP contribution in [0.25, 0.3) is 0 Å². The molecule has 28 heavy (non-hydrogen) atoms. The van der Waals surface area contributed by atoms with Crippen LogP contribution in [-0.2, 0) is 17.8 Å². The van der Waals surface area contributed by atoms with Crippen LogP contribution in [-0.4, -0.2) is 54.9 Å². The number of likely N-dealkylation sites (tertiary alicyclic amines) is 1. The molecule has 1 atom stereocenters. The summed E-state index contributed by atoms with van der Waals surface area (Å²) in [7, 11) is 0. The number of amides is 2.